The molecule has 8 nitrogen and oxygen atoms in total. The third-order valence-corrected chi connectivity index (χ3v) is 1.74. The van der Waals surface area contributed by atoms with E-state index in [2.05, 4.69) is 20.6 Å². The van der Waals surface area contributed by atoms with Gasteiger partial charge in [0, 0.05) is 6.54 Å². The van der Waals surface area contributed by atoms with Crippen molar-refractivity contribution in [2.75, 3.05) is 19.0 Å². The Morgan fingerprint density at radius 3 is 2.94 bits per heavy atom. The van der Waals surface area contributed by atoms with Crippen LogP contribution in [0.15, 0.2) is 12.5 Å². The lowest BCUT2D eigenvalue weighted by Crippen LogP contribution is -2.30. The molecule has 1 aromatic rings. The fourth-order valence-corrected chi connectivity index (χ4v) is 1.02. The summed E-state index contributed by atoms with van der Waals surface area (Å²) in [6.07, 6.45) is 2.52. The van der Waals surface area contributed by atoms with Gasteiger partial charge in [-0.15, -0.1) is 0 Å². The van der Waals surface area contributed by atoms with E-state index in [1.54, 1.807) is 0 Å². The highest BCUT2D eigenvalue weighted by Gasteiger charge is 2.08. The number of carboxylic acids is 1. The zero-order valence-corrected chi connectivity index (χ0v) is 9.14. The molecule has 0 saturated heterocycles. The summed E-state index contributed by atoms with van der Waals surface area (Å²) in [4.78, 5) is 29.1. The molecule has 0 spiro atoms. The Morgan fingerprint density at radius 2 is 2.29 bits per heavy atom. The van der Waals surface area contributed by atoms with Gasteiger partial charge in [0.2, 0.25) is 5.88 Å². The first-order valence-electron chi connectivity index (χ1n) is 4.74. The standard InChI is InChI=1S/C9H12N4O4/c1-17-8-6(4-10-5-12-8)13-9(16)11-3-2-7(14)15/h4-5H,2-3H2,1H3,(H,14,15)(H2,11,13,16). The highest BCUT2D eigenvalue weighted by molar-refractivity contribution is 5.90. The Balaban J connectivity index is 2.47. The van der Waals surface area contributed by atoms with Gasteiger partial charge in [-0.2, -0.15) is 4.98 Å². The predicted octanol–water partition coefficient (Wildman–Crippen LogP) is 0.0814. The second kappa shape index (κ2) is 6.26. The van der Waals surface area contributed by atoms with Crippen molar-refractivity contribution in [2.24, 2.45) is 0 Å². The molecule has 0 radical (unpaired) electrons. The molecule has 0 aromatic carbocycles. The van der Waals surface area contributed by atoms with Crippen LogP contribution < -0.4 is 15.4 Å². The SMILES string of the molecule is COc1ncncc1NC(=O)NCCC(=O)O. The van der Waals surface area contributed by atoms with Crippen molar-refractivity contribution < 1.29 is 19.4 Å². The van der Waals surface area contributed by atoms with Crippen LogP contribution in [-0.2, 0) is 4.79 Å². The monoisotopic (exact) mass is 240 g/mol. The van der Waals surface area contributed by atoms with E-state index in [0.29, 0.717) is 5.69 Å². The van der Waals surface area contributed by atoms with Crippen LogP contribution in [0, 0.1) is 0 Å². The topological polar surface area (TPSA) is 113 Å². The first kappa shape index (κ1) is 12.7. The Kier molecular flexibility index (Phi) is 4.67. The number of carboxylic acid groups (broad SMARTS) is 1. The van der Waals surface area contributed by atoms with Gasteiger partial charge in [0.05, 0.1) is 19.7 Å². The lowest BCUT2D eigenvalue weighted by atomic mass is 10.4. The summed E-state index contributed by atoms with van der Waals surface area (Å²) >= 11 is 0. The van der Waals surface area contributed by atoms with Crippen molar-refractivity contribution in [2.45, 2.75) is 6.42 Å². The number of hydrogen-bond acceptors (Lipinski definition) is 5. The molecule has 0 atom stereocenters. The van der Waals surface area contributed by atoms with E-state index in [0.717, 1.165) is 0 Å². The Bertz CT molecular complexity index is 410. The van der Waals surface area contributed by atoms with Crippen molar-refractivity contribution in [3.8, 4) is 5.88 Å². The number of urea groups is 1. The largest absolute Gasteiger partial charge is 0.481 e. The fourth-order valence-electron chi connectivity index (χ4n) is 1.02. The minimum atomic E-state index is -0.981. The molecule has 0 bridgehead atoms. The molecule has 1 heterocycles. The summed E-state index contributed by atoms with van der Waals surface area (Å²) in [6.45, 7) is 0.0389. The first-order chi connectivity index (χ1) is 8.13. The van der Waals surface area contributed by atoms with Gasteiger partial charge in [0.1, 0.15) is 12.0 Å². The number of nitrogens with one attached hydrogen (secondary N) is 2. The van der Waals surface area contributed by atoms with Gasteiger partial charge < -0.3 is 20.5 Å². The number of methoxy groups -OCH3 is 1. The molecule has 0 aliphatic rings. The van der Waals surface area contributed by atoms with Crippen LogP contribution in [0.1, 0.15) is 6.42 Å². The van der Waals surface area contributed by atoms with Crippen LogP contribution in [0.3, 0.4) is 0 Å². The lowest BCUT2D eigenvalue weighted by molar-refractivity contribution is -0.136. The van der Waals surface area contributed by atoms with Gasteiger partial charge in [-0.25, -0.2) is 9.78 Å². The smallest absolute Gasteiger partial charge is 0.319 e. The number of amides is 2. The maximum Gasteiger partial charge on any atom is 0.319 e. The van der Waals surface area contributed by atoms with E-state index in [1.807, 2.05) is 0 Å². The van der Waals surface area contributed by atoms with Crippen molar-refractivity contribution >= 4 is 17.7 Å². The van der Waals surface area contributed by atoms with Crippen LogP contribution >= 0.6 is 0 Å². The number of aromatic nitrogens is 2. The Hall–Kier alpha value is -2.38. The zero-order valence-electron chi connectivity index (χ0n) is 9.14. The number of anilines is 1. The number of ether oxygens (including phenoxy) is 1. The van der Waals surface area contributed by atoms with E-state index in [9.17, 15) is 9.59 Å². The molecule has 8 heteroatoms. The van der Waals surface area contributed by atoms with Crippen LogP contribution in [0.2, 0.25) is 0 Å². The van der Waals surface area contributed by atoms with Crippen LogP contribution in [0.5, 0.6) is 5.88 Å². The summed E-state index contributed by atoms with van der Waals surface area (Å²) in [7, 11) is 1.41. The maximum absolute atomic E-state index is 11.3. The van der Waals surface area contributed by atoms with Gasteiger partial charge in [-0.1, -0.05) is 0 Å². The van der Waals surface area contributed by atoms with Crippen LogP contribution in [-0.4, -0.2) is 40.7 Å². The maximum atomic E-state index is 11.3. The average Bonchev–Trinajstić information content (AvgIpc) is 2.29. The summed E-state index contributed by atoms with van der Waals surface area (Å²) < 4.78 is 4.90. The molecular weight excluding hydrogens is 228 g/mol. The molecule has 2 amide bonds. The molecule has 0 fully saturated rings. The van der Waals surface area contributed by atoms with Crippen LogP contribution in [0.4, 0.5) is 10.5 Å². The van der Waals surface area contributed by atoms with E-state index >= 15 is 0 Å². The number of nitrogens with zero attached hydrogens (tertiary/aromatic N) is 2. The average molecular weight is 240 g/mol. The van der Waals surface area contributed by atoms with E-state index < -0.39 is 12.0 Å². The number of aliphatic carboxylic acids is 1. The van der Waals surface area contributed by atoms with E-state index in [4.69, 9.17) is 9.84 Å². The molecule has 1 aromatic heterocycles. The van der Waals surface area contributed by atoms with Crippen molar-refractivity contribution in [1.82, 2.24) is 15.3 Å². The molecule has 0 aliphatic carbocycles. The third kappa shape index (κ3) is 4.33. The van der Waals surface area contributed by atoms with Crippen molar-refractivity contribution in [1.29, 1.82) is 0 Å². The van der Waals surface area contributed by atoms with Gasteiger partial charge in [0.15, 0.2) is 0 Å². The molecule has 17 heavy (non-hydrogen) atoms. The van der Waals surface area contributed by atoms with E-state index in [1.165, 1.54) is 19.6 Å². The molecule has 0 unspecified atom stereocenters. The second-order valence-electron chi connectivity index (χ2n) is 2.97. The number of carbonyl (C=O) groups is 2. The minimum Gasteiger partial charge on any atom is -0.481 e. The minimum absolute atomic E-state index is 0.0389. The normalized spacial score (nSPS) is 9.47. The summed E-state index contributed by atoms with van der Waals surface area (Å²) in [5.74, 6) is -0.751. The first-order valence-corrected chi connectivity index (χ1v) is 4.74. The van der Waals surface area contributed by atoms with Gasteiger partial charge >= 0.3 is 12.0 Å². The molecule has 3 N–H and O–H groups in total. The van der Waals surface area contributed by atoms with Crippen LogP contribution in [0.25, 0.3) is 0 Å². The molecule has 0 saturated carbocycles. The summed E-state index contributed by atoms with van der Waals surface area (Å²) in [6, 6.07) is -0.542. The predicted molar refractivity (Wildman–Crippen MR) is 57.9 cm³/mol. The molecule has 92 valence electrons. The number of carbonyl (C=O) groups excluding carboxylic acids is 1. The molecular formula is C9H12N4O4. The van der Waals surface area contributed by atoms with Gasteiger partial charge in [-0.3, -0.25) is 4.79 Å². The summed E-state index contributed by atoms with van der Waals surface area (Å²) in [5.41, 5.74) is 0.308. The fraction of sp³-hybridized carbons (Fsp3) is 0.333. The molecule has 1 rings (SSSR count). The number of hydrogen-bond donors (Lipinski definition) is 3. The molecule has 0 aliphatic heterocycles. The lowest BCUT2D eigenvalue weighted by Gasteiger charge is -2.08. The Labute approximate surface area is 97.0 Å². The van der Waals surface area contributed by atoms with Gasteiger partial charge in [-0.05, 0) is 0 Å². The zero-order chi connectivity index (χ0) is 12.7. The second-order valence-corrected chi connectivity index (χ2v) is 2.97. The third-order valence-electron chi connectivity index (χ3n) is 1.74. The van der Waals surface area contributed by atoms with Crippen molar-refractivity contribution in [3.63, 3.8) is 0 Å². The quantitative estimate of drug-likeness (QED) is 0.671. The Morgan fingerprint density at radius 1 is 1.53 bits per heavy atom. The highest BCUT2D eigenvalue weighted by atomic mass is 16.5. The number of rotatable bonds is 5. The van der Waals surface area contributed by atoms with Crippen molar-refractivity contribution in [3.05, 3.63) is 12.5 Å². The summed E-state index contributed by atoms with van der Waals surface area (Å²) in [5, 5.41) is 13.2. The highest BCUT2D eigenvalue weighted by Crippen LogP contribution is 2.17. The van der Waals surface area contributed by atoms with Gasteiger partial charge in [0.25, 0.3) is 0 Å². The van der Waals surface area contributed by atoms with E-state index in [-0.39, 0.29) is 18.8 Å².